The third kappa shape index (κ3) is 2.91. The van der Waals surface area contributed by atoms with Crippen molar-refractivity contribution in [3.8, 4) is 11.3 Å². The lowest BCUT2D eigenvalue weighted by molar-refractivity contribution is 0.279. The van der Waals surface area contributed by atoms with Crippen molar-refractivity contribution in [1.82, 2.24) is 9.97 Å². The molecule has 1 aromatic carbocycles. The van der Waals surface area contributed by atoms with Crippen molar-refractivity contribution in [2.45, 2.75) is 26.4 Å². The molecule has 1 N–H and O–H groups in total. The lowest BCUT2D eigenvalue weighted by atomic mass is 9.99. The van der Waals surface area contributed by atoms with Crippen LogP contribution in [0.4, 0.5) is 4.39 Å². The molecule has 0 bridgehead atoms. The molecule has 2 rings (SSSR count). The normalized spacial score (nSPS) is 11.1. The van der Waals surface area contributed by atoms with Crippen LogP contribution in [0.2, 0.25) is 5.28 Å². The Morgan fingerprint density at radius 2 is 1.84 bits per heavy atom. The zero-order valence-corrected chi connectivity index (χ0v) is 11.4. The number of benzene rings is 1. The van der Waals surface area contributed by atoms with Gasteiger partial charge in [0.25, 0.3) is 0 Å². The summed E-state index contributed by atoms with van der Waals surface area (Å²) in [5.74, 6) is -0.208. The van der Waals surface area contributed by atoms with Gasteiger partial charge in [0.2, 0.25) is 5.28 Å². The Kier molecular flexibility index (Phi) is 4.12. The van der Waals surface area contributed by atoms with Crippen LogP contribution in [0.5, 0.6) is 0 Å². The van der Waals surface area contributed by atoms with Crippen molar-refractivity contribution < 1.29 is 9.50 Å². The Labute approximate surface area is 116 Å². The van der Waals surface area contributed by atoms with Gasteiger partial charge in [-0.15, -0.1) is 0 Å². The third-order valence-electron chi connectivity index (χ3n) is 2.83. The predicted molar refractivity (Wildman–Crippen MR) is 72.4 cm³/mol. The van der Waals surface area contributed by atoms with Crippen LogP contribution in [0.15, 0.2) is 24.3 Å². The van der Waals surface area contributed by atoms with Gasteiger partial charge in [0.1, 0.15) is 5.82 Å². The first-order chi connectivity index (χ1) is 9.02. The van der Waals surface area contributed by atoms with Gasteiger partial charge in [0, 0.05) is 11.1 Å². The van der Waals surface area contributed by atoms with Crippen LogP contribution in [0.25, 0.3) is 11.3 Å². The molecule has 0 amide bonds. The topological polar surface area (TPSA) is 46.0 Å². The number of aromatic nitrogens is 2. The van der Waals surface area contributed by atoms with E-state index in [1.54, 1.807) is 12.1 Å². The van der Waals surface area contributed by atoms with E-state index in [2.05, 4.69) is 9.97 Å². The minimum atomic E-state index is -0.321. The molecule has 0 spiro atoms. The molecule has 0 fully saturated rings. The van der Waals surface area contributed by atoms with Crippen molar-refractivity contribution in [1.29, 1.82) is 0 Å². The van der Waals surface area contributed by atoms with Crippen LogP contribution in [0, 0.1) is 5.82 Å². The van der Waals surface area contributed by atoms with Gasteiger partial charge < -0.3 is 5.11 Å². The molecule has 0 aliphatic carbocycles. The van der Waals surface area contributed by atoms with Crippen LogP contribution in [-0.4, -0.2) is 15.1 Å². The molecule has 19 heavy (non-hydrogen) atoms. The highest BCUT2D eigenvalue weighted by molar-refractivity contribution is 6.28. The fourth-order valence-corrected chi connectivity index (χ4v) is 2.13. The van der Waals surface area contributed by atoms with Gasteiger partial charge in [-0.3, -0.25) is 0 Å². The van der Waals surface area contributed by atoms with E-state index >= 15 is 0 Å². The summed E-state index contributed by atoms with van der Waals surface area (Å²) in [6, 6.07) is 5.91. The first-order valence-electron chi connectivity index (χ1n) is 5.96. The van der Waals surface area contributed by atoms with Gasteiger partial charge in [0.15, 0.2) is 0 Å². The first kappa shape index (κ1) is 13.9. The molecule has 0 radical (unpaired) electrons. The molecular formula is C14H14ClFN2O. The lowest BCUT2D eigenvalue weighted by Crippen LogP contribution is -2.06. The van der Waals surface area contributed by atoms with E-state index < -0.39 is 0 Å². The number of halogens is 2. The summed E-state index contributed by atoms with van der Waals surface area (Å²) < 4.78 is 13.0. The smallest absolute Gasteiger partial charge is 0.223 e. The van der Waals surface area contributed by atoms with Gasteiger partial charge >= 0.3 is 0 Å². The molecule has 1 heterocycles. The summed E-state index contributed by atoms with van der Waals surface area (Å²) in [6.07, 6.45) is 0. The summed E-state index contributed by atoms with van der Waals surface area (Å²) in [6.45, 7) is 3.75. The zero-order chi connectivity index (χ0) is 14.0. The highest BCUT2D eigenvalue weighted by Gasteiger charge is 2.16. The molecule has 100 valence electrons. The summed E-state index contributed by atoms with van der Waals surface area (Å²) in [5, 5.41) is 9.68. The van der Waals surface area contributed by atoms with E-state index in [-0.39, 0.29) is 23.6 Å². The molecule has 0 aliphatic heterocycles. The maximum atomic E-state index is 13.0. The molecule has 3 nitrogen and oxygen atoms in total. The largest absolute Gasteiger partial charge is 0.392 e. The summed E-state index contributed by atoms with van der Waals surface area (Å²) >= 11 is 5.93. The third-order valence-corrected chi connectivity index (χ3v) is 3.00. The van der Waals surface area contributed by atoms with E-state index in [0.717, 1.165) is 0 Å². The summed E-state index contributed by atoms with van der Waals surface area (Å²) in [4.78, 5) is 8.33. The van der Waals surface area contributed by atoms with E-state index in [4.69, 9.17) is 11.6 Å². The zero-order valence-electron chi connectivity index (χ0n) is 10.7. The van der Waals surface area contributed by atoms with Crippen molar-refractivity contribution in [2.24, 2.45) is 0 Å². The van der Waals surface area contributed by atoms with Crippen molar-refractivity contribution >= 4 is 11.6 Å². The summed E-state index contributed by atoms with van der Waals surface area (Å²) in [7, 11) is 0. The maximum absolute atomic E-state index is 13.0. The minimum Gasteiger partial charge on any atom is -0.392 e. The Morgan fingerprint density at radius 3 is 2.37 bits per heavy atom. The molecular weight excluding hydrogens is 267 g/mol. The number of aliphatic hydroxyl groups is 1. The van der Waals surface area contributed by atoms with Crippen molar-refractivity contribution in [2.75, 3.05) is 0 Å². The standard InChI is InChI=1S/C14H14ClFN2O/c1-8(2)12-11(7-19)13(18-14(15)17-12)9-3-5-10(16)6-4-9/h3-6,8,19H,7H2,1-2H3. The van der Waals surface area contributed by atoms with E-state index in [1.165, 1.54) is 12.1 Å². The van der Waals surface area contributed by atoms with Crippen LogP contribution >= 0.6 is 11.6 Å². The fourth-order valence-electron chi connectivity index (χ4n) is 1.95. The minimum absolute atomic E-state index is 0.113. The van der Waals surface area contributed by atoms with Gasteiger partial charge in [-0.25, -0.2) is 14.4 Å². The Morgan fingerprint density at radius 1 is 1.21 bits per heavy atom. The monoisotopic (exact) mass is 280 g/mol. The second-order valence-corrected chi connectivity index (χ2v) is 4.86. The summed E-state index contributed by atoms with van der Waals surface area (Å²) in [5.41, 5.74) is 2.59. The number of rotatable bonds is 3. The second-order valence-electron chi connectivity index (χ2n) is 4.52. The molecule has 0 atom stereocenters. The first-order valence-corrected chi connectivity index (χ1v) is 6.33. The van der Waals surface area contributed by atoms with Gasteiger partial charge in [-0.05, 0) is 41.8 Å². The second kappa shape index (κ2) is 5.63. The average Bonchev–Trinajstić information content (AvgIpc) is 2.38. The predicted octanol–water partition coefficient (Wildman–Crippen LogP) is 3.55. The molecule has 1 aromatic heterocycles. The quantitative estimate of drug-likeness (QED) is 0.875. The molecule has 0 unspecified atom stereocenters. The SMILES string of the molecule is CC(C)c1nc(Cl)nc(-c2ccc(F)cc2)c1CO. The van der Waals surface area contributed by atoms with Crippen molar-refractivity contribution in [3.05, 3.63) is 46.6 Å². The number of nitrogens with zero attached hydrogens (tertiary/aromatic N) is 2. The van der Waals surface area contributed by atoms with Crippen LogP contribution in [0.1, 0.15) is 31.0 Å². The number of hydrogen-bond acceptors (Lipinski definition) is 3. The highest BCUT2D eigenvalue weighted by Crippen LogP contribution is 2.29. The lowest BCUT2D eigenvalue weighted by Gasteiger charge is -2.14. The molecule has 0 saturated heterocycles. The van der Waals surface area contributed by atoms with Gasteiger partial charge in [-0.2, -0.15) is 0 Å². The van der Waals surface area contributed by atoms with Crippen molar-refractivity contribution in [3.63, 3.8) is 0 Å². The molecule has 2 aromatic rings. The Bertz CT molecular complexity index is 585. The van der Waals surface area contributed by atoms with E-state index in [1.807, 2.05) is 13.8 Å². The van der Waals surface area contributed by atoms with Gasteiger partial charge in [0.05, 0.1) is 18.0 Å². The Balaban J connectivity index is 2.64. The maximum Gasteiger partial charge on any atom is 0.223 e. The van der Waals surface area contributed by atoms with Crippen LogP contribution in [-0.2, 0) is 6.61 Å². The number of aliphatic hydroxyl groups excluding tert-OH is 1. The molecule has 5 heteroatoms. The molecule has 0 aliphatic rings. The van der Waals surface area contributed by atoms with Crippen LogP contribution in [0.3, 0.4) is 0 Å². The molecule has 0 saturated carbocycles. The average molecular weight is 281 g/mol. The Hall–Kier alpha value is -1.52. The number of hydrogen-bond donors (Lipinski definition) is 1. The van der Waals surface area contributed by atoms with E-state index in [0.29, 0.717) is 22.5 Å². The highest BCUT2D eigenvalue weighted by atomic mass is 35.5. The van der Waals surface area contributed by atoms with Crippen LogP contribution < -0.4 is 0 Å². The van der Waals surface area contributed by atoms with E-state index in [9.17, 15) is 9.50 Å². The van der Waals surface area contributed by atoms with Gasteiger partial charge in [-0.1, -0.05) is 13.8 Å². The fraction of sp³-hybridized carbons (Fsp3) is 0.286.